The number of nitrogens with zero attached hydrogens (tertiary/aromatic N) is 1. The smallest absolute Gasteiger partial charge is 0.226 e. The molecule has 0 atom stereocenters. The molecule has 0 saturated carbocycles. The Hall–Kier alpha value is -1.31. The van der Waals surface area contributed by atoms with Gasteiger partial charge in [-0.05, 0) is 25.0 Å². The van der Waals surface area contributed by atoms with E-state index in [1.54, 1.807) is 0 Å². The second-order valence-corrected chi connectivity index (χ2v) is 3.98. The van der Waals surface area contributed by atoms with Gasteiger partial charge in [-0.25, -0.2) is 0 Å². The molecule has 2 heteroatoms. The molecular formula is C14H21NO. The molecule has 1 aromatic carbocycles. The Morgan fingerprint density at radius 3 is 2.38 bits per heavy atom. The fourth-order valence-electron chi connectivity index (χ4n) is 1.69. The van der Waals surface area contributed by atoms with Crippen molar-refractivity contribution in [2.24, 2.45) is 0 Å². The average molecular weight is 219 g/mol. The predicted molar refractivity (Wildman–Crippen MR) is 68.6 cm³/mol. The minimum atomic E-state index is 0.245. The molecule has 0 spiro atoms. The summed E-state index contributed by atoms with van der Waals surface area (Å²) in [6.45, 7) is 5.02. The van der Waals surface area contributed by atoms with E-state index in [9.17, 15) is 4.79 Å². The Morgan fingerprint density at radius 2 is 1.81 bits per heavy atom. The number of hydrogen-bond acceptors (Lipinski definition) is 1. The minimum absolute atomic E-state index is 0.245. The van der Waals surface area contributed by atoms with Gasteiger partial charge in [-0.15, -0.1) is 0 Å². The Morgan fingerprint density at radius 1 is 1.12 bits per heavy atom. The van der Waals surface area contributed by atoms with Crippen LogP contribution >= 0.6 is 0 Å². The lowest BCUT2D eigenvalue weighted by molar-refractivity contribution is -0.118. The van der Waals surface area contributed by atoms with Gasteiger partial charge < -0.3 is 4.90 Å². The van der Waals surface area contributed by atoms with Crippen molar-refractivity contribution in [1.29, 1.82) is 0 Å². The summed E-state index contributed by atoms with van der Waals surface area (Å²) < 4.78 is 0. The molecule has 0 unspecified atom stereocenters. The quantitative estimate of drug-likeness (QED) is 0.715. The summed E-state index contributed by atoms with van der Waals surface area (Å²) in [5.74, 6) is 0.245. The number of anilines is 1. The van der Waals surface area contributed by atoms with Gasteiger partial charge in [0.2, 0.25) is 5.91 Å². The highest BCUT2D eigenvalue weighted by atomic mass is 16.2. The van der Waals surface area contributed by atoms with Gasteiger partial charge in [0.1, 0.15) is 0 Å². The fourth-order valence-corrected chi connectivity index (χ4v) is 1.69. The second-order valence-electron chi connectivity index (χ2n) is 3.98. The zero-order valence-corrected chi connectivity index (χ0v) is 10.3. The van der Waals surface area contributed by atoms with E-state index in [4.69, 9.17) is 0 Å². The van der Waals surface area contributed by atoms with Crippen LogP contribution in [0.15, 0.2) is 30.3 Å². The number of carbonyl (C=O) groups is 1. The third kappa shape index (κ3) is 3.69. The molecule has 0 bridgehead atoms. The number of rotatable bonds is 6. The Bertz CT molecular complexity index is 308. The summed E-state index contributed by atoms with van der Waals surface area (Å²) in [4.78, 5) is 13.9. The molecule has 16 heavy (non-hydrogen) atoms. The van der Waals surface area contributed by atoms with Crippen molar-refractivity contribution in [3.05, 3.63) is 30.3 Å². The van der Waals surface area contributed by atoms with E-state index in [1.165, 1.54) is 0 Å². The van der Waals surface area contributed by atoms with Crippen LogP contribution in [-0.2, 0) is 4.79 Å². The first kappa shape index (κ1) is 12.8. The zero-order chi connectivity index (χ0) is 11.8. The molecule has 0 aromatic heterocycles. The molecule has 2 nitrogen and oxygen atoms in total. The van der Waals surface area contributed by atoms with Crippen molar-refractivity contribution in [2.45, 2.75) is 39.5 Å². The van der Waals surface area contributed by atoms with Crippen molar-refractivity contribution in [3.8, 4) is 0 Å². The molecule has 88 valence electrons. The molecular weight excluding hydrogens is 198 g/mol. The van der Waals surface area contributed by atoms with Crippen molar-refractivity contribution in [3.63, 3.8) is 0 Å². The van der Waals surface area contributed by atoms with Crippen molar-refractivity contribution < 1.29 is 4.79 Å². The largest absolute Gasteiger partial charge is 0.312 e. The summed E-state index contributed by atoms with van der Waals surface area (Å²) in [6.07, 6.45) is 3.70. The minimum Gasteiger partial charge on any atom is -0.312 e. The number of carbonyl (C=O) groups excluding carboxylic acids is 1. The standard InChI is InChI=1S/C14H21NO/c1-3-5-11-14(16)15(12-4-2)13-9-7-6-8-10-13/h6-10H,3-5,11-12H2,1-2H3. The van der Waals surface area contributed by atoms with E-state index in [2.05, 4.69) is 13.8 Å². The van der Waals surface area contributed by atoms with Crippen LogP contribution in [0.3, 0.4) is 0 Å². The van der Waals surface area contributed by atoms with Crippen LogP contribution in [0.4, 0.5) is 5.69 Å². The van der Waals surface area contributed by atoms with E-state index in [0.29, 0.717) is 6.42 Å². The van der Waals surface area contributed by atoms with E-state index in [0.717, 1.165) is 31.5 Å². The highest BCUT2D eigenvalue weighted by molar-refractivity contribution is 5.93. The van der Waals surface area contributed by atoms with Gasteiger partial charge in [-0.3, -0.25) is 4.79 Å². The van der Waals surface area contributed by atoms with Gasteiger partial charge in [0.05, 0.1) is 0 Å². The van der Waals surface area contributed by atoms with E-state index in [1.807, 2.05) is 35.2 Å². The molecule has 0 heterocycles. The number of amides is 1. The highest BCUT2D eigenvalue weighted by Gasteiger charge is 2.13. The van der Waals surface area contributed by atoms with Crippen LogP contribution in [0.5, 0.6) is 0 Å². The van der Waals surface area contributed by atoms with Crippen molar-refractivity contribution in [2.75, 3.05) is 11.4 Å². The molecule has 0 aliphatic rings. The van der Waals surface area contributed by atoms with Gasteiger partial charge in [-0.2, -0.15) is 0 Å². The monoisotopic (exact) mass is 219 g/mol. The maximum Gasteiger partial charge on any atom is 0.226 e. The normalized spacial score (nSPS) is 10.1. The number of hydrogen-bond donors (Lipinski definition) is 0. The van der Waals surface area contributed by atoms with Gasteiger partial charge >= 0.3 is 0 Å². The van der Waals surface area contributed by atoms with Crippen LogP contribution < -0.4 is 4.90 Å². The van der Waals surface area contributed by atoms with Crippen molar-refractivity contribution >= 4 is 11.6 Å². The molecule has 1 rings (SSSR count). The summed E-state index contributed by atoms with van der Waals surface area (Å²) in [5, 5.41) is 0. The Labute approximate surface area is 98.3 Å². The predicted octanol–water partition coefficient (Wildman–Crippen LogP) is 3.62. The van der Waals surface area contributed by atoms with Gasteiger partial charge in [0.25, 0.3) is 0 Å². The Balaban J connectivity index is 2.71. The lowest BCUT2D eigenvalue weighted by Crippen LogP contribution is -2.31. The van der Waals surface area contributed by atoms with Gasteiger partial charge in [0, 0.05) is 18.7 Å². The maximum atomic E-state index is 12.0. The Kier molecular flexibility index (Phi) is 5.62. The van der Waals surface area contributed by atoms with Crippen LogP contribution in [0.1, 0.15) is 39.5 Å². The highest BCUT2D eigenvalue weighted by Crippen LogP contribution is 2.15. The summed E-state index contributed by atoms with van der Waals surface area (Å²) >= 11 is 0. The molecule has 0 fully saturated rings. The fraction of sp³-hybridized carbons (Fsp3) is 0.500. The number of benzene rings is 1. The average Bonchev–Trinajstić information content (AvgIpc) is 2.34. The van der Waals surface area contributed by atoms with E-state index in [-0.39, 0.29) is 5.91 Å². The molecule has 0 radical (unpaired) electrons. The molecule has 0 saturated heterocycles. The number of unbranched alkanes of at least 4 members (excludes halogenated alkanes) is 1. The van der Waals surface area contributed by atoms with Crippen LogP contribution in [0.25, 0.3) is 0 Å². The van der Waals surface area contributed by atoms with Gasteiger partial charge in [-0.1, -0.05) is 38.5 Å². The third-order valence-electron chi connectivity index (χ3n) is 2.56. The van der Waals surface area contributed by atoms with Crippen molar-refractivity contribution in [1.82, 2.24) is 0 Å². The second kappa shape index (κ2) is 7.04. The first-order valence-corrected chi connectivity index (χ1v) is 6.15. The lowest BCUT2D eigenvalue weighted by atomic mass is 10.2. The van der Waals surface area contributed by atoms with Crippen LogP contribution in [0, 0.1) is 0 Å². The van der Waals surface area contributed by atoms with E-state index < -0.39 is 0 Å². The molecule has 0 aliphatic heterocycles. The van der Waals surface area contributed by atoms with Crippen LogP contribution in [0.2, 0.25) is 0 Å². The topological polar surface area (TPSA) is 20.3 Å². The zero-order valence-electron chi connectivity index (χ0n) is 10.3. The van der Waals surface area contributed by atoms with Crippen LogP contribution in [-0.4, -0.2) is 12.5 Å². The summed E-state index contributed by atoms with van der Waals surface area (Å²) in [7, 11) is 0. The first-order chi connectivity index (χ1) is 7.79. The summed E-state index contributed by atoms with van der Waals surface area (Å²) in [6, 6.07) is 9.93. The first-order valence-electron chi connectivity index (χ1n) is 6.15. The summed E-state index contributed by atoms with van der Waals surface area (Å²) in [5.41, 5.74) is 1.02. The third-order valence-corrected chi connectivity index (χ3v) is 2.56. The molecule has 1 aromatic rings. The van der Waals surface area contributed by atoms with E-state index >= 15 is 0 Å². The molecule has 0 N–H and O–H groups in total. The lowest BCUT2D eigenvalue weighted by Gasteiger charge is -2.22. The SMILES string of the molecule is CCCCC(=O)N(CCC)c1ccccc1. The maximum absolute atomic E-state index is 12.0. The van der Waals surface area contributed by atoms with Gasteiger partial charge in [0.15, 0.2) is 0 Å². The molecule has 1 amide bonds. The molecule has 0 aliphatic carbocycles. The number of para-hydroxylation sites is 1.